The number of non-ortho nitro benzene ring substituents is 1. The molecule has 0 spiro atoms. The number of nitrogens with one attached hydrogen (secondary N) is 1. The minimum atomic E-state index is -5.52. The SMILES string of the molecule is CCN(CC)c1ccc(C(=C2C=CC(=[N+](CC)CC)C=C2)c2cc(Nc3ccc([N+](=O)[O-])cc3[N+](=O)[O-])c(S(=O)(=O)[O-])cc2S(=O)(=O)[O-])cc1.[Na+]. The monoisotopic (exact) mass is 747 g/mol. The molecule has 0 bridgehead atoms. The number of nitro benzene ring substituents is 2. The molecule has 264 valence electrons. The standard InChI is InChI=1S/C33H35N5O10S2.Na/c1-5-35(6-2)24-13-9-22(10-14-24)33(23-11-15-25(16-12-23)36(7-3)8-4)27-20-29(32(50(46,47)48)21-31(27)49(43,44)45)34-28-18-17-26(37(39)40)19-30(28)38(41)42;/h9-21,34H,5-8H2,1-4H3,(H-,43,44,45,46,47,48);/q;+1/p-1. The first kappa shape index (κ1) is 41.2. The molecule has 0 fully saturated rings. The van der Waals surface area contributed by atoms with E-state index in [1.807, 2.05) is 27.7 Å². The van der Waals surface area contributed by atoms with Crippen LogP contribution in [-0.2, 0) is 20.2 Å². The van der Waals surface area contributed by atoms with Gasteiger partial charge in [0.15, 0.2) is 5.71 Å². The molecule has 0 unspecified atom stereocenters. The summed E-state index contributed by atoms with van der Waals surface area (Å²) in [5.41, 5.74) is -0.0852. The maximum atomic E-state index is 12.8. The number of anilines is 3. The first-order valence-corrected chi connectivity index (χ1v) is 18.2. The number of nitrogens with zero attached hydrogens (tertiary/aromatic N) is 4. The number of hydrogen-bond donors (Lipinski definition) is 1. The van der Waals surface area contributed by atoms with Gasteiger partial charge < -0.3 is 19.3 Å². The molecule has 15 nitrogen and oxygen atoms in total. The molecule has 1 aliphatic rings. The zero-order valence-electron chi connectivity index (χ0n) is 28.5. The summed E-state index contributed by atoms with van der Waals surface area (Å²) in [5, 5.41) is 25.6. The minimum Gasteiger partial charge on any atom is -0.744 e. The Morgan fingerprint density at radius 1 is 0.725 bits per heavy atom. The molecule has 0 aromatic heterocycles. The van der Waals surface area contributed by atoms with Crippen LogP contribution in [0.15, 0.2) is 94.3 Å². The van der Waals surface area contributed by atoms with Crippen LogP contribution in [0.3, 0.4) is 0 Å². The van der Waals surface area contributed by atoms with Crippen LogP contribution in [0.1, 0.15) is 38.8 Å². The van der Waals surface area contributed by atoms with Crippen LogP contribution in [0.25, 0.3) is 5.57 Å². The molecule has 0 aliphatic heterocycles. The van der Waals surface area contributed by atoms with Crippen LogP contribution in [-0.4, -0.2) is 72.3 Å². The summed E-state index contributed by atoms with van der Waals surface area (Å²) in [5.74, 6) is 0. The summed E-state index contributed by atoms with van der Waals surface area (Å²) >= 11 is 0. The molecule has 18 heteroatoms. The molecule has 51 heavy (non-hydrogen) atoms. The third kappa shape index (κ3) is 9.36. The van der Waals surface area contributed by atoms with Crippen molar-refractivity contribution in [1.29, 1.82) is 0 Å². The zero-order valence-corrected chi connectivity index (χ0v) is 32.2. The van der Waals surface area contributed by atoms with Gasteiger partial charge in [0.05, 0.1) is 31.4 Å². The second kappa shape index (κ2) is 16.9. The molecule has 0 radical (unpaired) electrons. The van der Waals surface area contributed by atoms with Crippen molar-refractivity contribution < 1.29 is 69.9 Å². The average molecular weight is 748 g/mol. The van der Waals surface area contributed by atoms with Gasteiger partial charge in [0.2, 0.25) is 0 Å². The predicted molar refractivity (Wildman–Crippen MR) is 186 cm³/mol. The third-order valence-electron chi connectivity index (χ3n) is 8.12. The number of hydrogen-bond acceptors (Lipinski definition) is 12. The van der Waals surface area contributed by atoms with Crippen molar-refractivity contribution in [2.45, 2.75) is 37.5 Å². The van der Waals surface area contributed by atoms with Gasteiger partial charge >= 0.3 is 29.6 Å². The molecule has 0 saturated heterocycles. The Morgan fingerprint density at radius 2 is 1.29 bits per heavy atom. The molecule has 0 amide bonds. The fourth-order valence-corrected chi connectivity index (χ4v) is 7.04. The van der Waals surface area contributed by atoms with E-state index in [1.165, 1.54) is 0 Å². The first-order chi connectivity index (χ1) is 23.5. The molecule has 1 aliphatic carbocycles. The third-order valence-corrected chi connectivity index (χ3v) is 9.87. The van der Waals surface area contributed by atoms with Gasteiger partial charge in [0, 0.05) is 42.6 Å². The molecule has 0 saturated carbocycles. The summed E-state index contributed by atoms with van der Waals surface area (Å²) < 4.78 is 78.0. The van der Waals surface area contributed by atoms with Gasteiger partial charge in [-0.05, 0) is 86.9 Å². The summed E-state index contributed by atoms with van der Waals surface area (Å²) in [4.78, 5) is 21.2. The second-order valence-electron chi connectivity index (χ2n) is 10.9. The fraction of sp³-hybridized carbons (Fsp3) is 0.242. The number of benzene rings is 3. The van der Waals surface area contributed by atoms with Crippen molar-refractivity contribution in [2.75, 3.05) is 36.4 Å². The summed E-state index contributed by atoms with van der Waals surface area (Å²) in [6, 6.07) is 10.9. The van der Waals surface area contributed by atoms with Gasteiger partial charge in [-0.2, -0.15) is 0 Å². The molecule has 3 aromatic carbocycles. The van der Waals surface area contributed by atoms with Gasteiger partial charge in [-0.3, -0.25) is 20.2 Å². The van der Waals surface area contributed by atoms with E-state index in [9.17, 15) is 46.2 Å². The summed E-state index contributed by atoms with van der Waals surface area (Å²) in [6.45, 7) is 10.7. The quantitative estimate of drug-likeness (QED) is 0.0876. The molecular formula is C33H34N5NaO10S2. The predicted octanol–water partition coefficient (Wildman–Crippen LogP) is 2.33. The van der Waals surface area contributed by atoms with Crippen LogP contribution < -0.4 is 39.8 Å². The van der Waals surface area contributed by atoms with E-state index in [2.05, 4.69) is 14.8 Å². The average Bonchev–Trinajstić information content (AvgIpc) is 3.06. The summed E-state index contributed by atoms with van der Waals surface area (Å²) in [6.07, 6.45) is 7.01. The van der Waals surface area contributed by atoms with Gasteiger partial charge in [-0.25, -0.2) is 21.4 Å². The Bertz CT molecular complexity index is 2170. The van der Waals surface area contributed by atoms with E-state index >= 15 is 0 Å². The Labute approximate surface area is 317 Å². The first-order valence-electron chi connectivity index (χ1n) is 15.4. The molecule has 0 heterocycles. The van der Waals surface area contributed by atoms with E-state index in [4.69, 9.17) is 0 Å². The van der Waals surface area contributed by atoms with Crippen molar-refractivity contribution in [3.63, 3.8) is 0 Å². The topological polar surface area (TPSA) is 219 Å². The molecular weight excluding hydrogens is 714 g/mol. The van der Waals surface area contributed by atoms with E-state index in [-0.39, 0.29) is 40.7 Å². The number of allylic oxidation sites excluding steroid dienone is 5. The second-order valence-corrected chi connectivity index (χ2v) is 13.6. The maximum absolute atomic E-state index is 12.8. The van der Waals surface area contributed by atoms with Gasteiger partial charge in [0.25, 0.3) is 11.4 Å². The number of rotatable bonds is 13. The Balaban J connectivity index is 0.00000702. The van der Waals surface area contributed by atoms with Gasteiger partial charge in [-0.1, -0.05) is 12.1 Å². The van der Waals surface area contributed by atoms with Crippen LogP contribution in [0.5, 0.6) is 0 Å². The largest absolute Gasteiger partial charge is 1.00 e. The van der Waals surface area contributed by atoms with Gasteiger partial charge in [-0.15, -0.1) is 0 Å². The smallest absolute Gasteiger partial charge is 0.744 e. The Hall–Kier alpha value is -4.23. The molecule has 3 aromatic rings. The van der Waals surface area contributed by atoms with Crippen LogP contribution in [0, 0.1) is 20.2 Å². The molecule has 4 rings (SSSR count). The fourth-order valence-electron chi connectivity index (χ4n) is 5.64. The van der Waals surface area contributed by atoms with E-state index in [0.717, 1.165) is 29.6 Å². The van der Waals surface area contributed by atoms with Crippen LogP contribution in [0.2, 0.25) is 0 Å². The van der Waals surface area contributed by atoms with Crippen molar-refractivity contribution in [1.82, 2.24) is 0 Å². The Kier molecular flexibility index (Phi) is 13.6. The van der Waals surface area contributed by atoms with Crippen LogP contribution >= 0.6 is 0 Å². The Morgan fingerprint density at radius 3 is 1.76 bits per heavy atom. The molecule has 1 N–H and O–H groups in total. The normalized spacial score (nSPS) is 12.7. The minimum absolute atomic E-state index is 0. The van der Waals surface area contributed by atoms with Crippen molar-refractivity contribution >= 4 is 60.0 Å². The van der Waals surface area contributed by atoms with Crippen molar-refractivity contribution in [2.24, 2.45) is 0 Å². The van der Waals surface area contributed by atoms with Gasteiger partial charge in [0.1, 0.15) is 39.0 Å². The zero-order chi connectivity index (χ0) is 37.0. The van der Waals surface area contributed by atoms with E-state index < -0.39 is 62.6 Å². The van der Waals surface area contributed by atoms with Crippen molar-refractivity contribution in [3.05, 3.63) is 116 Å². The number of nitro groups is 2. The van der Waals surface area contributed by atoms with E-state index in [0.29, 0.717) is 49.4 Å². The van der Waals surface area contributed by atoms with Crippen LogP contribution in [0.4, 0.5) is 28.4 Å². The van der Waals surface area contributed by atoms with Crippen molar-refractivity contribution in [3.8, 4) is 0 Å². The molecule has 0 atom stereocenters. The maximum Gasteiger partial charge on any atom is 1.00 e. The van der Waals surface area contributed by atoms with E-state index in [1.54, 1.807) is 48.6 Å². The summed E-state index contributed by atoms with van der Waals surface area (Å²) in [7, 11) is -11.0.